The lowest BCUT2D eigenvalue weighted by atomic mass is 10.1. The van der Waals surface area contributed by atoms with E-state index < -0.39 is 0 Å². The zero-order valence-corrected chi connectivity index (χ0v) is 16.3. The van der Waals surface area contributed by atoms with Crippen molar-refractivity contribution < 1.29 is 9.59 Å². The summed E-state index contributed by atoms with van der Waals surface area (Å²) < 4.78 is 1.74. The van der Waals surface area contributed by atoms with E-state index in [9.17, 15) is 9.59 Å². The summed E-state index contributed by atoms with van der Waals surface area (Å²) in [5.74, 6) is 0.410. The summed E-state index contributed by atoms with van der Waals surface area (Å²) in [4.78, 5) is 26.9. The van der Waals surface area contributed by atoms with Crippen LogP contribution in [0.5, 0.6) is 0 Å². The third kappa shape index (κ3) is 4.76. The molecule has 1 atom stereocenters. The summed E-state index contributed by atoms with van der Waals surface area (Å²) in [7, 11) is 0. The third-order valence-electron chi connectivity index (χ3n) is 4.75. The molecule has 0 saturated carbocycles. The number of carbonyl (C=O) groups is 2. The molecule has 6 nitrogen and oxygen atoms in total. The van der Waals surface area contributed by atoms with E-state index in [0.29, 0.717) is 37.7 Å². The Balaban J connectivity index is 1.63. The Labute approximate surface area is 160 Å². The highest BCUT2D eigenvalue weighted by atomic mass is 16.2. The first-order valence-electron chi connectivity index (χ1n) is 9.65. The van der Waals surface area contributed by atoms with Gasteiger partial charge in [0.2, 0.25) is 5.91 Å². The van der Waals surface area contributed by atoms with Gasteiger partial charge in [0, 0.05) is 26.1 Å². The third-order valence-corrected chi connectivity index (χ3v) is 4.75. The molecule has 2 aromatic rings. The molecule has 0 unspecified atom stereocenters. The van der Waals surface area contributed by atoms with Gasteiger partial charge in [-0.2, -0.15) is 5.10 Å². The second kappa shape index (κ2) is 8.37. The van der Waals surface area contributed by atoms with Gasteiger partial charge in [0.05, 0.1) is 11.7 Å². The van der Waals surface area contributed by atoms with Crippen LogP contribution in [0, 0.1) is 5.92 Å². The van der Waals surface area contributed by atoms with Crippen molar-refractivity contribution in [2.24, 2.45) is 5.92 Å². The summed E-state index contributed by atoms with van der Waals surface area (Å²) in [5, 5.41) is 7.55. The number of nitrogens with one attached hydrogen (secondary N) is 1. The lowest BCUT2D eigenvalue weighted by Gasteiger charge is -2.17. The first kappa shape index (κ1) is 19.1. The zero-order chi connectivity index (χ0) is 19.4. The van der Waals surface area contributed by atoms with Crippen LogP contribution in [0.4, 0.5) is 0 Å². The number of amides is 2. The normalized spacial score (nSPS) is 17.0. The lowest BCUT2D eigenvalue weighted by Crippen LogP contribution is -2.38. The Morgan fingerprint density at radius 2 is 2.04 bits per heavy atom. The summed E-state index contributed by atoms with van der Waals surface area (Å²) in [6.07, 6.45) is 1.19. The highest BCUT2D eigenvalue weighted by Crippen LogP contribution is 2.16. The average molecular weight is 368 g/mol. The van der Waals surface area contributed by atoms with Crippen molar-refractivity contribution >= 4 is 11.8 Å². The van der Waals surface area contributed by atoms with Gasteiger partial charge in [0.15, 0.2) is 0 Å². The van der Waals surface area contributed by atoms with Gasteiger partial charge in [-0.25, -0.2) is 0 Å². The fourth-order valence-electron chi connectivity index (χ4n) is 3.50. The molecular weight excluding hydrogens is 340 g/mol. The molecule has 0 bridgehead atoms. The molecule has 1 aliphatic heterocycles. The maximum atomic E-state index is 12.7. The molecule has 1 fully saturated rings. The van der Waals surface area contributed by atoms with E-state index in [4.69, 9.17) is 0 Å². The highest BCUT2D eigenvalue weighted by molar-refractivity contribution is 5.93. The van der Waals surface area contributed by atoms with Gasteiger partial charge in [0.25, 0.3) is 5.91 Å². The minimum atomic E-state index is -0.164. The number of hydrogen-bond acceptors (Lipinski definition) is 3. The largest absolute Gasteiger partial charge is 0.346 e. The smallest absolute Gasteiger partial charge is 0.269 e. The number of aromatic nitrogens is 2. The van der Waals surface area contributed by atoms with Gasteiger partial charge in [-0.1, -0.05) is 44.2 Å². The van der Waals surface area contributed by atoms with Crippen molar-refractivity contribution in [3.05, 3.63) is 53.3 Å². The van der Waals surface area contributed by atoms with E-state index in [0.717, 1.165) is 17.7 Å². The summed E-state index contributed by atoms with van der Waals surface area (Å²) in [6, 6.07) is 11.6. The van der Waals surface area contributed by atoms with Crippen LogP contribution in [-0.4, -0.2) is 39.1 Å². The van der Waals surface area contributed by atoms with E-state index in [1.54, 1.807) is 4.68 Å². The van der Waals surface area contributed by atoms with Crippen LogP contribution < -0.4 is 5.32 Å². The van der Waals surface area contributed by atoms with Crippen molar-refractivity contribution in [1.29, 1.82) is 0 Å². The molecule has 2 amide bonds. The minimum Gasteiger partial charge on any atom is -0.346 e. The summed E-state index contributed by atoms with van der Waals surface area (Å²) in [5.41, 5.74) is 2.60. The fourth-order valence-corrected chi connectivity index (χ4v) is 3.50. The maximum Gasteiger partial charge on any atom is 0.269 e. The Bertz CT molecular complexity index is 798. The second-order valence-electron chi connectivity index (χ2n) is 7.57. The monoisotopic (exact) mass is 368 g/mol. The maximum absolute atomic E-state index is 12.7. The molecule has 0 aliphatic carbocycles. The standard InChI is InChI=1S/C21H28N4O2/c1-4-25-19(11-17(23-25)10-15(2)3)21(27)22-18-12-20(26)24(14-18)13-16-8-6-5-7-9-16/h5-9,11,15,18H,4,10,12-14H2,1-3H3,(H,22,27)/t18-/m1/s1. The van der Waals surface area contributed by atoms with E-state index >= 15 is 0 Å². The predicted molar refractivity (Wildman–Crippen MR) is 104 cm³/mol. The average Bonchev–Trinajstić information content (AvgIpc) is 3.18. The van der Waals surface area contributed by atoms with E-state index in [-0.39, 0.29) is 17.9 Å². The van der Waals surface area contributed by atoms with Crippen LogP contribution in [-0.2, 0) is 24.3 Å². The number of hydrogen-bond donors (Lipinski definition) is 1. The highest BCUT2D eigenvalue weighted by Gasteiger charge is 2.31. The van der Waals surface area contributed by atoms with Gasteiger partial charge < -0.3 is 10.2 Å². The van der Waals surface area contributed by atoms with Crippen LogP contribution >= 0.6 is 0 Å². The Kier molecular flexibility index (Phi) is 5.94. The molecule has 0 radical (unpaired) electrons. The molecule has 2 heterocycles. The van der Waals surface area contributed by atoms with Gasteiger partial charge in [-0.3, -0.25) is 14.3 Å². The van der Waals surface area contributed by atoms with Gasteiger partial charge >= 0.3 is 0 Å². The van der Waals surface area contributed by atoms with Crippen LogP contribution in [0.2, 0.25) is 0 Å². The van der Waals surface area contributed by atoms with Crippen LogP contribution in [0.1, 0.15) is 48.9 Å². The van der Waals surface area contributed by atoms with Crippen LogP contribution in [0.3, 0.4) is 0 Å². The molecule has 1 N–H and O–H groups in total. The molecule has 1 aliphatic rings. The summed E-state index contributed by atoms with van der Waals surface area (Å²) in [6.45, 7) is 8.01. The van der Waals surface area contributed by atoms with Crippen LogP contribution in [0.15, 0.2) is 36.4 Å². The topological polar surface area (TPSA) is 67.2 Å². The van der Waals surface area contributed by atoms with Crippen molar-refractivity contribution in [1.82, 2.24) is 20.0 Å². The van der Waals surface area contributed by atoms with E-state index in [2.05, 4.69) is 24.3 Å². The molecule has 6 heteroatoms. The number of rotatable bonds is 7. The quantitative estimate of drug-likeness (QED) is 0.817. The van der Waals surface area contributed by atoms with Crippen molar-refractivity contribution in [3.63, 3.8) is 0 Å². The molecule has 27 heavy (non-hydrogen) atoms. The predicted octanol–water partition coefficient (Wildman–Crippen LogP) is 2.63. The molecule has 144 valence electrons. The van der Waals surface area contributed by atoms with Crippen molar-refractivity contribution in [3.8, 4) is 0 Å². The summed E-state index contributed by atoms with van der Waals surface area (Å²) >= 11 is 0. The van der Waals surface area contributed by atoms with Crippen molar-refractivity contribution in [2.75, 3.05) is 6.54 Å². The first-order valence-corrected chi connectivity index (χ1v) is 9.65. The number of aryl methyl sites for hydroxylation is 1. The number of carbonyl (C=O) groups excluding carboxylic acids is 2. The second-order valence-corrected chi connectivity index (χ2v) is 7.57. The Morgan fingerprint density at radius 3 is 2.70 bits per heavy atom. The van der Waals surface area contributed by atoms with Crippen molar-refractivity contribution in [2.45, 2.75) is 52.7 Å². The van der Waals surface area contributed by atoms with Crippen LogP contribution in [0.25, 0.3) is 0 Å². The van der Waals surface area contributed by atoms with Gasteiger partial charge in [-0.15, -0.1) is 0 Å². The molecule has 1 saturated heterocycles. The molecule has 1 aromatic heterocycles. The number of benzene rings is 1. The van der Waals surface area contributed by atoms with Gasteiger partial charge in [0.1, 0.15) is 5.69 Å². The van der Waals surface area contributed by atoms with E-state index in [1.165, 1.54) is 0 Å². The van der Waals surface area contributed by atoms with Gasteiger partial charge in [-0.05, 0) is 30.9 Å². The lowest BCUT2D eigenvalue weighted by molar-refractivity contribution is -0.128. The first-order chi connectivity index (χ1) is 13.0. The molecular formula is C21H28N4O2. The molecule has 3 rings (SSSR count). The molecule has 1 aromatic carbocycles. The Hall–Kier alpha value is -2.63. The fraction of sp³-hybridized carbons (Fsp3) is 0.476. The number of likely N-dealkylation sites (tertiary alicyclic amines) is 1. The zero-order valence-electron chi connectivity index (χ0n) is 16.3. The SMILES string of the molecule is CCn1nc(CC(C)C)cc1C(=O)N[C@@H]1CC(=O)N(Cc2ccccc2)C1. The van der Waals surface area contributed by atoms with E-state index in [1.807, 2.05) is 48.2 Å². The minimum absolute atomic E-state index is 0.0775. The Morgan fingerprint density at radius 1 is 1.30 bits per heavy atom. The molecule has 0 spiro atoms. The number of nitrogens with zero attached hydrogens (tertiary/aromatic N) is 3.